The minimum atomic E-state index is -1.26. The molecule has 0 saturated carbocycles. The number of hydrogen-bond donors (Lipinski definition) is 0. The van der Waals surface area contributed by atoms with Crippen LogP contribution in [0.15, 0.2) is 24.3 Å². The van der Waals surface area contributed by atoms with E-state index in [1.807, 2.05) is 0 Å². The van der Waals surface area contributed by atoms with E-state index in [-0.39, 0.29) is 12.2 Å². The molecule has 0 aliphatic carbocycles. The lowest BCUT2D eigenvalue weighted by Gasteiger charge is -2.21. The van der Waals surface area contributed by atoms with Crippen molar-refractivity contribution >= 4 is 18.0 Å². The molecule has 0 spiro atoms. The van der Waals surface area contributed by atoms with Crippen LogP contribution in [0.3, 0.4) is 0 Å². The number of ether oxygens (including phenoxy) is 1. The number of aldehydes is 1. The van der Waals surface area contributed by atoms with Gasteiger partial charge >= 0.3 is 5.97 Å². The van der Waals surface area contributed by atoms with Gasteiger partial charge in [0.15, 0.2) is 5.78 Å². The molecule has 0 heterocycles. The first kappa shape index (κ1) is 14.1. The molecule has 0 unspecified atom stereocenters. The van der Waals surface area contributed by atoms with Crippen molar-refractivity contribution < 1.29 is 19.1 Å². The molecule has 4 nitrogen and oxygen atoms in total. The van der Waals surface area contributed by atoms with E-state index in [9.17, 15) is 14.4 Å². The summed E-state index contributed by atoms with van der Waals surface area (Å²) in [5, 5.41) is 0. The molecule has 0 saturated heterocycles. The molecule has 1 aromatic rings. The van der Waals surface area contributed by atoms with Crippen molar-refractivity contribution in [3.05, 3.63) is 35.4 Å². The van der Waals surface area contributed by atoms with Crippen LogP contribution in [0.4, 0.5) is 0 Å². The van der Waals surface area contributed by atoms with Crippen molar-refractivity contribution in [3.8, 4) is 0 Å². The summed E-state index contributed by atoms with van der Waals surface area (Å²) in [6.07, 6.45) is 0.885. The third-order valence-electron chi connectivity index (χ3n) is 2.83. The Labute approximate surface area is 106 Å². The second-order valence-corrected chi connectivity index (χ2v) is 4.47. The number of ketones is 1. The van der Waals surface area contributed by atoms with Gasteiger partial charge in [-0.05, 0) is 19.4 Å². The van der Waals surface area contributed by atoms with E-state index in [0.717, 1.165) is 6.29 Å². The Kier molecular flexibility index (Phi) is 4.37. The van der Waals surface area contributed by atoms with Gasteiger partial charge in [-0.3, -0.25) is 9.59 Å². The Hall–Kier alpha value is -1.97. The lowest BCUT2D eigenvalue weighted by Crippen LogP contribution is -2.35. The maximum Gasteiger partial charge on any atom is 0.319 e. The third kappa shape index (κ3) is 2.64. The van der Waals surface area contributed by atoms with E-state index in [0.29, 0.717) is 11.1 Å². The van der Waals surface area contributed by atoms with E-state index in [2.05, 4.69) is 4.74 Å². The molecule has 96 valence electrons. The number of hydrogen-bond acceptors (Lipinski definition) is 4. The highest BCUT2D eigenvalue weighted by Crippen LogP contribution is 2.25. The van der Waals surface area contributed by atoms with Crippen LogP contribution < -0.4 is 0 Å². The highest BCUT2D eigenvalue weighted by Gasteiger charge is 2.38. The third-order valence-corrected chi connectivity index (χ3v) is 2.83. The first-order valence-corrected chi connectivity index (χ1v) is 5.60. The SMILES string of the molecule is COC(=O)C(C)(C)C(=O)c1ccccc1CC=O. The lowest BCUT2D eigenvalue weighted by atomic mass is 9.82. The smallest absolute Gasteiger partial charge is 0.319 e. The van der Waals surface area contributed by atoms with E-state index >= 15 is 0 Å². The zero-order chi connectivity index (χ0) is 13.8. The lowest BCUT2D eigenvalue weighted by molar-refractivity contribution is -0.147. The van der Waals surface area contributed by atoms with E-state index in [1.54, 1.807) is 24.3 Å². The van der Waals surface area contributed by atoms with Gasteiger partial charge < -0.3 is 9.53 Å². The predicted octanol–water partition coefficient (Wildman–Crippen LogP) is 1.81. The quantitative estimate of drug-likeness (QED) is 0.345. The predicted molar refractivity (Wildman–Crippen MR) is 66.3 cm³/mol. The fourth-order valence-electron chi connectivity index (χ4n) is 1.69. The summed E-state index contributed by atoms with van der Waals surface area (Å²) in [5.74, 6) is -0.930. The van der Waals surface area contributed by atoms with Crippen LogP contribution in [0.2, 0.25) is 0 Å². The molecule has 0 radical (unpaired) electrons. The average Bonchev–Trinajstić information content (AvgIpc) is 2.37. The number of methoxy groups -OCH3 is 1. The van der Waals surface area contributed by atoms with Gasteiger partial charge in [0.1, 0.15) is 11.7 Å². The number of rotatable bonds is 5. The molecule has 0 bridgehead atoms. The van der Waals surface area contributed by atoms with Gasteiger partial charge in [0.25, 0.3) is 0 Å². The van der Waals surface area contributed by atoms with Gasteiger partial charge in [-0.25, -0.2) is 0 Å². The van der Waals surface area contributed by atoms with Gasteiger partial charge in [-0.1, -0.05) is 24.3 Å². The van der Waals surface area contributed by atoms with Crippen molar-refractivity contribution in [1.82, 2.24) is 0 Å². The summed E-state index contributed by atoms with van der Waals surface area (Å²) in [4.78, 5) is 34.5. The van der Waals surface area contributed by atoms with Crippen molar-refractivity contribution in [1.29, 1.82) is 0 Å². The van der Waals surface area contributed by atoms with E-state index < -0.39 is 11.4 Å². The molecule has 0 aliphatic heterocycles. The second kappa shape index (κ2) is 5.58. The van der Waals surface area contributed by atoms with Crippen molar-refractivity contribution in [2.24, 2.45) is 5.41 Å². The van der Waals surface area contributed by atoms with Crippen LogP contribution in [0, 0.1) is 5.41 Å². The van der Waals surface area contributed by atoms with Crippen molar-refractivity contribution in [2.45, 2.75) is 20.3 Å². The van der Waals surface area contributed by atoms with Crippen molar-refractivity contribution in [3.63, 3.8) is 0 Å². The molecule has 0 aromatic heterocycles. The normalized spacial score (nSPS) is 10.8. The van der Waals surface area contributed by atoms with Gasteiger partial charge in [0, 0.05) is 12.0 Å². The fraction of sp³-hybridized carbons (Fsp3) is 0.357. The van der Waals surface area contributed by atoms with Crippen LogP contribution in [0.25, 0.3) is 0 Å². The highest BCUT2D eigenvalue weighted by molar-refractivity contribution is 6.12. The molecule has 0 atom stereocenters. The van der Waals surface area contributed by atoms with Gasteiger partial charge in [0.2, 0.25) is 0 Å². The summed E-state index contributed by atoms with van der Waals surface area (Å²) in [6.45, 7) is 3.03. The molecular formula is C14H16O4. The molecule has 0 fully saturated rings. The molecule has 0 aliphatic rings. The highest BCUT2D eigenvalue weighted by atomic mass is 16.5. The zero-order valence-corrected chi connectivity index (χ0v) is 10.7. The van der Waals surface area contributed by atoms with Gasteiger partial charge in [0.05, 0.1) is 7.11 Å². The summed E-state index contributed by atoms with van der Waals surface area (Å²) in [6, 6.07) is 6.77. The van der Waals surface area contributed by atoms with Crippen LogP contribution in [-0.4, -0.2) is 25.1 Å². The van der Waals surface area contributed by atoms with Crippen LogP contribution >= 0.6 is 0 Å². The summed E-state index contributed by atoms with van der Waals surface area (Å²) in [5.41, 5.74) is -0.247. The maximum absolute atomic E-state index is 12.3. The van der Waals surface area contributed by atoms with Crippen molar-refractivity contribution in [2.75, 3.05) is 7.11 Å². The number of carbonyl (C=O) groups is 3. The molecule has 4 heteroatoms. The standard InChI is InChI=1S/C14H16O4/c1-14(2,13(17)18-3)12(16)11-7-5-4-6-10(11)8-9-15/h4-7,9H,8H2,1-3H3. The van der Waals surface area contributed by atoms with E-state index in [1.165, 1.54) is 21.0 Å². The molecule has 1 rings (SSSR count). The van der Waals surface area contributed by atoms with E-state index in [4.69, 9.17) is 0 Å². The Balaban J connectivity index is 3.18. The molecule has 1 aromatic carbocycles. The molecular weight excluding hydrogens is 232 g/mol. The van der Waals surface area contributed by atoms with Crippen LogP contribution in [0.1, 0.15) is 29.8 Å². The minimum Gasteiger partial charge on any atom is -0.468 e. The monoisotopic (exact) mass is 248 g/mol. The number of esters is 1. The largest absolute Gasteiger partial charge is 0.468 e. The Morgan fingerprint density at radius 1 is 1.28 bits per heavy atom. The first-order valence-electron chi connectivity index (χ1n) is 5.60. The van der Waals surface area contributed by atoms with Crippen LogP contribution in [-0.2, 0) is 20.7 Å². The maximum atomic E-state index is 12.3. The Morgan fingerprint density at radius 3 is 2.44 bits per heavy atom. The second-order valence-electron chi connectivity index (χ2n) is 4.47. The van der Waals surface area contributed by atoms with Gasteiger partial charge in [-0.15, -0.1) is 0 Å². The minimum absolute atomic E-state index is 0.152. The van der Waals surface area contributed by atoms with Gasteiger partial charge in [-0.2, -0.15) is 0 Å². The zero-order valence-electron chi connectivity index (χ0n) is 10.7. The topological polar surface area (TPSA) is 60.4 Å². The summed E-state index contributed by atoms with van der Waals surface area (Å²) in [7, 11) is 1.24. The number of benzene rings is 1. The average molecular weight is 248 g/mol. The number of Topliss-reactive ketones (excluding diaryl/α,β-unsaturated/α-hetero) is 1. The fourth-order valence-corrected chi connectivity index (χ4v) is 1.69. The molecule has 18 heavy (non-hydrogen) atoms. The Bertz CT molecular complexity index is 474. The molecule has 0 N–H and O–H groups in total. The number of carbonyl (C=O) groups excluding carboxylic acids is 3. The Morgan fingerprint density at radius 2 is 1.89 bits per heavy atom. The molecule has 0 amide bonds. The summed E-state index contributed by atoms with van der Waals surface area (Å²) >= 11 is 0. The first-order chi connectivity index (χ1) is 8.45. The summed E-state index contributed by atoms with van der Waals surface area (Å²) < 4.78 is 4.63. The van der Waals surface area contributed by atoms with Crippen LogP contribution in [0.5, 0.6) is 0 Å².